The fourth-order valence-corrected chi connectivity index (χ4v) is 2.53. The lowest BCUT2D eigenvalue weighted by Gasteiger charge is -2.23. The predicted octanol–water partition coefficient (Wildman–Crippen LogP) is 4.54. The van der Waals surface area contributed by atoms with E-state index in [0.29, 0.717) is 18.6 Å². The van der Waals surface area contributed by atoms with Crippen LogP contribution in [0.3, 0.4) is 0 Å². The highest BCUT2D eigenvalue weighted by molar-refractivity contribution is 9.10. The van der Waals surface area contributed by atoms with Crippen molar-refractivity contribution in [2.24, 2.45) is 5.92 Å². The van der Waals surface area contributed by atoms with Crippen LogP contribution in [0.5, 0.6) is 5.75 Å². The molecular formula is C15H24BrNO. The van der Waals surface area contributed by atoms with Crippen LogP contribution < -0.4 is 10.1 Å². The second-order valence-corrected chi connectivity index (χ2v) is 5.65. The Morgan fingerprint density at radius 3 is 2.50 bits per heavy atom. The first-order chi connectivity index (χ1) is 8.60. The molecule has 1 atom stereocenters. The molecule has 0 fully saturated rings. The van der Waals surface area contributed by atoms with E-state index in [4.69, 9.17) is 4.74 Å². The van der Waals surface area contributed by atoms with Gasteiger partial charge in [-0.1, -0.05) is 26.8 Å². The molecule has 0 aliphatic carbocycles. The summed E-state index contributed by atoms with van der Waals surface area (Å²) in [7, 11) is 0. The number of hydrogen-bond donors (Lipinski definition) is 1. The Balaban J connectivity index is 2.88. The van der Waals surface area contributed by atoms with Gasteiger partial charge in [0.15, 0.2) is 0 Å². The lowest BCUT2D eigenvalue weighted by atomic mass is 9.96. The molecule has 1 rings (SSSR count). The number of benzene rings is 1. The van der Waals surface area contributed by atoms with Gasteiger partial charge < -0.3 is 10.1 Å². The van der Waals surface area contributed by atoms with E-state index in [1.54, 1.807) is 0 Å². The van der Waals surface area contributed by atoms with E-state index in [-0.39, 0.29) is 0 Å². The number of nitrogens with one attached hydrogen (secondary N) is 1. The molecular weight excluding hydrogens is 290 g/mol. The first-order valence-electron chi connectivity index (χ1n) is 6.75. The van der Waals surface area contributed by atoms with Gasteiger partial charge in [0.05, 0.1) is 11.1 Å². The highest BCUT2D eigenvalue weighted by Gasteiger charge is 2.16. The third-order valence-electron chi connectivity index (χ3n) is 2.90. The van der Waals surface area contributed by atoms with Crippen molar-refractivity contribution in [3.8, 4) is 5.75 Å². The van der Waals surface area contributed by atoms with Crippen LogP contribution in [0.1, 0.15) is 45.7 Å². The van der Waals surface area contributed by atoms with Gasteiger partial charge in [-0.2, -0.15) is 0 Å². The van der Waals surface area contributed by atoms with Crippen molar-refractivity contribution in [2.75, 3.05) is 13.2 Å². The second kappa shape index (κ2) is 7.80. The minimum Gasteiger partial charge on any atom is -0.493 e. The lowest BCUT2D eigenvalue weighted by molar-refractivity contribution is 0.337. The van der Waals surface area contributed by atoms with Gasteiger partial charge in [0.2, 0.25) is 0 Å². The summed E-state index contributed by atoms with van der Waals surface area (Å²) in [6, 6.07) is 6.77. The molecule has 0 amide bonds. The highest BCUT2D eigenvalue weighted by Crippen LogP contribution is 2.30. The van der Waals surface area contributed by atoms with Crippen LogP contribution in [0.25, 0.3) is 0 Å². The summed E-state index contributed by atoms with van der Waals surface area (Å²) in [6.45, 7) is 10.4. The molecule has 1 unspecified atom stereocenters. The number of halogens is 1. The SMILES string of the molecule is CCCNC(c1ccc(OCC)c(Br)c1)C(C)C. The Morgan fingerprint density at radius 1 is 1.28 bits per heavy atom. The predicted molar refractivity (Wildman–Crippen MR) is 81.2 cm³/mol. The minimum atomic E-state index is 0.400. The van der Waals surface area contributed by atoms with Crippen molar-refractivity contribution in [1.82, 2.24) is 5.32 Å². The molecule has 102 valence electrons. The monoisotopic (exact) mass is 313 g/mol. The molecule has 0 radical (unpaired) electrons. The average Bonchev–Trinajstić information content (AvgIpc) is 2.32. The molecule has 0 heterocycles. The number of ether oxygens (including phenoxy) is 1. The fourth-order valence-electron chi connectivity index (χ4n) is 2.02. The average molecular weight is 314 g/mol. The quantitative estimate of drug-likeness (QED) is 0.797. The van der Waals surface area contributed by atoms with Gasteiger partial charge in [-0.25, -0.2) is 0 Å². The molecule has 0 spiro atoms. The standard InChI is InChI=1S/C15H24BrNO/c1-5-9-17-15(11(3)4)12-7-8-14(18-6-2)13(16)10-12/h7-8,10-11,15,17H,5-6,9H2,1-4H3. The molecule has 1 aromatic rings. The van der Waals surface area contributed by atoms with Crippen molar-refractivity contribution < 1.29 is 4.74 Å². The molecule has 0 aliphatic heterocycles. The van der Waals surface area contributed by atoms with E-state index >= 15 is 0 Å². The Morgan fingerprint density at radius 2 is 2.00 bits per heavy atom. The summed E-state index contributed by atoms with van der Waals surface area (Å²) < 4.78 is 6.58. The van der Waals surface area contributed by atoms with E-state index < -0.39 is 0 Å². The largest absolute Gasteiger partial charge is 0.493 e. The summed E-state index contributed by atoms with van der Waals surface area (Å²) in [5, 5.41) is 3.60. The summed E-state index contributed by atoms with van der Waals surface area (Å²) in [4.78, 5) is 0. The van der Waals surface area contributed by atoms with Crippen molar-refractivity contribution in [3.05, 3.63) is 28.2 Å². The van der Waals surface area contributed by atoms with Gasteiger partial charge in [0.25, 0.3) is 0 Å². The van der Waals surface area contributed by atoms with Gasteiger partial charge in [-0.3, -0.25) is 0 Å². The maximum absolute atomic E-state index is 5.55. The third-order valence-corrected chi connectivity index (χ3v) is 3.52. The van der Waals surface area contributed by atoms with Gasteiger partial charge in [-0.15, -0.1) is 0 Å². The topological polar surface area (TPSA) is 21.3 Å². The Labute approximate surface area is 119 Å². The van der Waals surface area contributed by atoms with E-state index in [1.807, 2.05) is 13.0 Å². The van der Waals surface area contributed by atoms with Crippen LogP contribution in [-0.4, -0.2) is 13.2 Å². The summed E-state index contributed by atoms with van der Waals surface area (Å²) in [5.41, 5.74) is 1.31. The van der Waals surface area contributed by atoms with Crippen LogP contribution in [0, 0.1) is 5.92 Å². The van der Waals surface area contributed by atoms with Crippen molar-refractivity contribution in [2.45, 2.75) is 40.2 Å². The molecule has 1 N–H and O–H groups in total. The molecule has 0 aliphatic rings. The molecule has 0 saturated heterocycles. The van der Waals surface area contributed by atoms with Crippen LogP contribution in [0.2, 0.25) is 0 Å². The van der Waals surface area contributed by atoms with Crippen molar-refractivity contribution in [1.29, 1.82) is 0 Å². The van der Waals surface area contributed by atoms with E-state index in [1.165, 1.54) is 5.56 Å². The smallest absolute Gasteiger partial charge is 0.133 e. The fraction of sp³-hybridized carbons (Fsp3) is 0.600. The van der Waals surface area contributed by atoms with E-state index in [0.717, 1.165) is 23.2 Å². The Hall–Kier alpha value is -0.540. The molecule has 2 nitrogen and oxygen atoms in total. The summed E-state index contributed by atoms with van der Waals surface area (Å²) in [5.74, 6) is 1.49. The van der Waals surface area contributed by atoms with Crippen LogP contribution >= 0.6 is 15.9 Å². The second-order valence-electron chi connectivity index (χ2n) is 4.80. The van der Waals surface area contributed by atoms with Gasteiger partial charge >= 0.3 is 0 Å². The normalized spacial score (nSPS) is 12.8. The number of rotatable bonds is 7. The lowest BCUT2D eigenvalue weighted by Crippen LogP contribution is -2.26. The molecule has 3 heteroatoms. The van der Waals surface area contributed by atoms with E-state index in [2.05, 4.69) is 54.2 Å². The molecule has 18 heavy (non-hydrogen) atoms. The Bertz CT molecular complexity index is 366. The zero-order valence-electron chi connectivity index (χ0n) is 11.8. The molecule has 0 aromatic heterocycles. The zero-order chi connectivity index (χ0) is 13.5. The maximum atomic E-state index is 5.55. The number of hydrogen-bond acceptors (Lipinski definition) is 2. The van der Waals surface area contributed by atoms with Crippen LogP contribution in [-0.2, 0) is 0 Å². The molecule has 0 saturated carbocycles. The Kier molecular flexibility index (Phi) is 6.72. The van der Waals surface area contributed by atoms with Crippen molar-refractivity contribution >= 4 is 15.9 Å². The van der Waals surface area contributed by atoms with Gasteiger partial charge in [0.1, 0.15) is 5.75 Å². The summed E-state index contributed by atoms with van der Waals surface area (Å²) in [6.07, 6.45) is 1.15. The minimum absolute atomic E-state index is 0.400. The molecule has 1 aromatic carbocycles. The first-order valence-corrected chi connectivity index (χ1v) is 7.55. The first kappa shape index (κ1) is 15.5. The van der Waals surface area contributed by atoms with Crippen LogP contribution in [0.4, 0.5) is 0 Å². The van der Waals surface area contributed by atoms with Crippen LogP contribution in [0.15, 0.2) is 22.7 Å². The zero-order valence-corrected chi connectivity index (χ0v) is 13.4. The summed E-state index contributed by atoms with van der Waals surface area (Å²) >= 11 is 3.58. The molecule has 0 bridgehead atoms. The van der Waals surface area contributed by atoms with Gasteiger partial charge in [0, 0.05) is 6.04 Å². The highest BCUT2D eigenvalue weighted by atomic mass is 79.9. The van der Waals surface area contributed by atoms with Crippen molar-refractivity contribution in [3.63, 3.8) is 0 Å². The third kappa shape index (κ3) is 4.29. The van der Waals surface area contributed by atoms with Gasteiger partial charge in [-0.05, 0) is 59.4 Å². The maximum Gasteiger partial charge on any atom is 0.133 e. The van der Waals surface area contributed by atoms with E-state index in [9.17, 15) is 0 Å².